The van der Waals surface area contributed by atoms with E-state index in [0.717, 1.165) is 5.39 Å². The Bertz CT molecular complexity index is 1330. The summed E-state index contributed by atoms with van der Waals surface area (Å²) in [6.45, 7) is 0. The smallest absolute Gasteiger partial charge is 0.262 e. The van der Waals surface area contributed by atoms with Crippen LogP contribution in [0.25, 0.3) is 10.8 Å². The van der Waals surface area contributed by atoms with Crippen LogP contribution in [0.15, 0.2) is 95.9 Å². The van der Waals surface area contributed by atoms with Crippen molar-refractivity contribution in [3.8, 4) is 0 Å². The van der Waals surface area contributed by atoms with E-state index in [1.54, 1.807) is 72.8 Å². The van der Waals surface area contributed by atoms with Gasteiger partial charge in [-0.1, -0.05) is 60.1 Å². The molecule has 4 aromatic carbocycles. The number of sulfonamides is 1. The van der Waals surface area contributed by atoms with Gasteiger partial charge in [-0.15, -0.1) is 0 Å². The number of halogens is 1. The summed E-state index contributed by atoms with van der Waals surface area (Å²) in [4.78, 5) is 12.6. The maximum Gasteiger partial charge on any atom is 0.262 e. The zero-order valence-corrected chi connectivity index (χ0v) is 17.2. The minimum Gasteiger partial charge on any atom is -0.322 e. The molecule has 0 aliphatic carbocycles. The summed E-state index contributed by atoms with van der Waals surface area (Å²) >= 11 is 6.05. The van der Waals surface area contributed by atoms with Gasteiger partial charge in [0.2, 0.25) is 0 Å². The van der Waals surface area contributed by atoms with Gasteiger partial charge in [-0.25, -0.2) is 8.42 Å². The molecule has 0 saturated carbocycles. The number of fused-ring (bicyclic) bond motifs is 1. The molecule has 2 N–H and O–H groups in total. The van der Waals surface area contributed by atoms with E-state index in [1.165, 1.54) is 0 Å². The largest absolute Gasteiger partial charge is 0.322 e. The van der Waals surface area contributed by atoms with Gasteiger partial charge in [-0.05, 0) is 47.9 Å². The average molecular weight is 437 g/mol. The molecule has 0 spiro atoms. The fraction of sp³-hybridized carbons (Fsp3) is 0. The first-order valence-corrected chi connectivity index (χ1v) is 11.0. The third-order valence-corrected chi connectivity index (χ3v) is 6.32. The molecule has 0 saturated heterocycles. The minimum atomic E-state index is -3.78. The molecule has 0 aliphatic heterocycles. The van der Waals surface area contributed by atoms with Gasteiger partial charge in [-0.2, -0.15) is 0 Å². The number of amides is 1. The van der Waals surface area contributed by atoms with Gasteiger partial charge >= 0.3 is 0 Å². The molecule has 0 bridgehead atoms. The highest BCUT2D eigenvalue weighted by Gasteiger charge is 2.17. The summed E-state index contributed by atoms with van der Waals surface area (Å²) in [6.07, 6.45) is 0. The Kier molecular flexibility index (Phi) is 5.44. The van der Waals surface area contributed by atoms with Gasteiger partial charge in [0.1, 0.15) is 0 Å². The third-order valence-electron chi connectivity index (χ3n) is 4.55. The molecular formula is C23H17ClN2O3S. The van der Waals surface area contributed by atoms with Crippen LogP contribution in [0.5, 0.6) is 0 Å². The number of carbonyl (C=O) groups excluding carboxylic acids is 1. The Labute approximate surface area is 179 Å². The molecule has 0 aromatic heterocycles. The van der Waals surface area contributed by atoms with Crippen LogP contribution in [0.4, 0.5) is 11.4 Å². The quantitative estimate of drug-likeness (QED) is 0.431. The van der Waals surface area contributed by atoms with Gasteiger partial charge in [-0.3, -0.25) is 9.52 Å². The fourth-order valence-corrected chi connectivity index (χ4v) is 4.62. The van der Waals surface area contributed by atoms with E-state index in [4.69, 9.17) is 11.6 Å². The van der Waals surface area contributed by atoms with Crippen molar-refractivity contribution >= 4 is 49.7 Å². The molecule has 0 unspecified atom stereocenters. The van der Waals surface area contributed by atoms with E-state index in [1.807, 2.05) is 18.2 Å². The predicted molar refractivity (Wildman–Crippen MR) is 121 cm³/mol. The topological polar surface area (TPSA) is 75.3 Å². The van der Waals surface area contributed by atoms with E-state index in [2.05, 4.69) is 10.0 Å². The first-order chi connectivity index (χ1) is 14.4. The van der Waals surface area contributed by atoms with Crippen LogP contribution in [-0.4, -0.2) is 14.3 Å². The first kappa shape index (κ1) is 19.9. The second kappa shape index (κ2) is 8.18. The number of benzene rings is 4. The maximum atomic E-state index is 12.9. The summed E-state index contributed by atoms with van der Waals surface area (Å²) in [5.41, 5.74) is 1.27. The molecule has 5 nitrogen and oxygen atoms in total. The standard InChI is InChI=1S/C23H17ClN2O3S/c24-21-10-4-3-9-20(21)23(27)25-17-12-14-18(15-13-17)26-30(28,29)22-11-5-7-16-6-1-2-8-19(16)22/h1-15,26H,(H,25,27). The Morgan fingerprint density at radius 3 is 2.13 bits per heavy atom. The molecule has 0 aliphatic rings. The first-order valence-electron chi connectivity index (χ1n) is 9.10. The fourth-order valence-electron chi connectivity index (χ4n) is 3.11. The van der Waals surface area contributed by atoms with E-state index in [9.17, 15) is 13.2 Å². The van der Waals surface area contributed by atoms with Crippen LogP contribution in [0.1, 0.15) is 10.4 Å². The summed E-state index contributed by atoms with van der Waals surface area (Å²) in [7, 11) is -3.78. The minimum absolute atomic E-state index is 0.205. The molecule has 4 aromatic rings. The monoisotopic (exact) mass is 436 g/mol. The van der Waals surface area contributed by atoms with E-state index < -0.39 is 10.0 Å². The van der Waals surface area contributed by atoms with Gasteiger partial charge in [0, 0.05) is 16.8 Å². The van der Waals surface area contributed by atoms with Crippen LogP contribution in [0, 0.1) is 0 Å². The molecule has 0 heterocycles. The van der Waals surface area contributed by atoms with Crippen LogP contribution in [0.2, 0.25) is 5.02 Å². The number of nitrogens with one attached hydrogen (secondary N) is 2. The molecular weight excluding hydrogens is 420 g/mol. The zero-order chi connectivity index (χ0) is 21.1. The van der Waals surface area contributed by atoms with Crippen LogP contribution in [-0.2, 0) is 10.0 Å². The molecule has 0 atom stereocenters. The van der Waals surface area contributed by atoms with Crippen molar-refractivity contribution in [1.29, 1.82) is 0 Å². The van der Waals surface area contributed by atoms with E-state index >= 15 is 0 Å². The van der Waals surface area contributed by atoms with Crippen molar-refractivity contribution in [2.75, 3.05) is 10.0 Å². The Morgan fingerprint density at radius 2 is 1.37 bits per heavy atom. The highest BCUT2D eigenvalue weighted by atomic mass is 35.5. The average Bonchev–Trinajstić information content (AvgIpc) is 2.75. The maximum absolute atomic E-state index is 12.9. The van der Waals surface area contributed by atoms with Gasteiger partial charge in [0.05, 0.1) is 15.5 Å². The van der Waals surface area contributed by atoms with Gasteiger partial charge in [0.25, 0.3) is 15.9 Å². The van der Waals surface area contributed by atoms with Crippen molar-refractivity contribution in [3.63, 3.8) is 0 Å². The molecule has 0 radical (unpaired) electrons. The van der Waals surface area contributed by atoms with Crippen LogP contribution < -0.4 is 10.0 Å². The molecule has 150 valence electrons. The third kappa shape index (κ3) is 4.15. The molecule has 4 rings (SSSR count). The number of hydrogen-bond acceptors (Lipinski definition) is 3. The van der Waals surface area contributed by atoms with Crippen molar-refractivity contribution < 1.29 is 13.2 Å². The van der Waals surface area contributed by atoms with Crippen LogP contribution >= 0.6 is 11.6 Å². The Balaban J connectivity index is 1.53. The van der Waals surface area contributed by atoms with Crippen molar-refractivity contribution in [2.45, 2.75) is 4.90 Å². The predicted octanol–water partition coefficient (Wildman–Crippen LogP) is 5.55. The SMILES string of the molecule is O=C(Nc1ccc(NS(=O)(=O)c2cccc3ccccc23)cc1)c1ccccc1Cl. The normalized spacial score (nSPS) is 11.2. The molecule has 7 heteroatoms. The molecule has 1 amide bonds. The second-order valence-electron chi connectivity index (χ2n) is 6.59. The highest BCUT2D eigenvalue weighted by Crippen LogP contribution is 2.25. The van der Waals surface area contributed by atoms with Crippen molar-refractivity contribution in [3.05, 3.63) is 102 Å². The second-order valence-corrected chi connectivity index (χ2v) is 8.65. The summed E-state index contributed by atoms with van der Waals surface area (Å²) in [5, 5.41) is 4.59. The number of rotatable bonds is 5. The highest BCUT2D eigenvalue weighted by molar-refractivity contribution is 7.93. The van der Waals surface area contributed by atoms with Crippen molar-refractivity contribution in [2.24, 2.45) is 0 Å². The van der Waals surface area contributed by atoms with Crippen LogP contribution in [0.3, 0.4) is 0 Å². The molecule has 0 fully saturated rings. The summed E-state index contributed by atoms with van der Waals surface area (Å²) in [6, 6.07) is 25.6. The lowest BCUT2D eigenvalue weighted by Crippen LogP contribution is -2.14. The lowest BCUT2D eigenvalue weighted by Gasteiger charge is -2.12. The van der Waals surface area contributed by atoms with Gasteiger partial charge < -0.3 is 5.32 Å². The lowest BCUT2D eigenvalue weighted by atomic mass is 10.1. The summed E-state index contributed by atoms with van der Waals surface area (Å²) < 4.78 is 28.4. The van der Waals surface area contributed by atoms with Gasteiger partial charge in [0.15, 0.2) is 0 Å². The van der Waals surface area contributed by atoms with E-state index in [-0.39, 0.29) is 10.8 Å². The number of anilines is 2. The Hall–Kier alpha value is -3.35. The zero-order valence-electron chi connectivity index (χ0n) is 15.7. The Morgan fingerprint density at radius 1 is 0.733 bits per heavy atom. The number of carbonyl (C=O) groups is 1. The molecule has 30 heavy (non-hydrogen) atoms. The van der Waals surface area contributed by atoms with Crippen molar-refractivity contribution in [1.82, 2.24) is 0 Å². The lowest BCUT2D eigenvalue weighted by molar-refractivity contribution is 0.102. The number of hydrogen-bond donors (Lipinski definition) is 2. The van der Waals surface area contributed by atoms with E-state index in [0.29, 0.717) is 27.3 Å². The summed E-state index contributed by atoms with van der Waals surface area (Å²) in [5.74, 6) is -0.343.